The van der Waals surface area contributed by atoms with Crippen molar-refractivity contribution in [1.29, 1.82) is 0 Å². The summed E-state index contributed by atoms with van der Waals surface area (Å²) in [6, 6.07) is 22.1. The second-order valence-corrected chi connectivity index (χ2v) is 14.6. The van der Waals surface area contributed by atoms with Gasteiger partial charge in [-0.25, -0.2) is 8.42 Å². The van der Waals surface area contributed by atoms with Gasteiger partial charge in [-0.2, -0.15) is 0 Å². The van der Waals surface area contributed by atoms with Crippen LogP contribution in [-0.4, -0.2) is 49.5 Å². The molecule has 3 aromatic rings. The van der Waals surface area contributed by atoms with Crippen LogP contribution in [0.4, 0.5) is 5.69 Å². The number of carbonyl (C=O) groups excluding carboxylic acids is 2. The van der Waals surface area contributed by atoms with E-state index in [1.54, 1.807) is 11.0 Å². The minimum atomic E-state index is -3.57. The van der Waals surface area contributed by atoms with Gasteiger partial charge in [-0.1, -0.05) is 64.5 Å². The zero-order valence-electron chi connectivity index (χ0n) is 25.4. The van der Waals surface area contributed by atoms with Crippen molar-refractivity contribution >= 4 is 43.5 Å². The third-order valence-corrected chi connectivity index (χ3v) is 8.69. The number of benzene rings is 3. The summed E-state index contributed by atoms with van der Waals surface area (Å²) >= 11 is 3.46. The van der Waals surface area contributed by atoms with E-state index in [4.69, 9.17) is 0 Å². The molecule has 1 N–H and O–H groups in total. The van der Waals surface area contributed by atoms with Crippen LogP contribution < -0.4 is 9.62 Å². The van der Waals surface area contributed by atoms with Crippen molar-refractivity contribution < 1.29 is 18.0 Å². The number of nitrogens with one attached hydrogen (secondary N) is 1. The summed E-state index contributed by atoms with van der Waals surface area (Å²) in [4.78, 5) is 29.3. The number of hydrogen-bond donors (Lipinski definition) is 1. The second-order valence-electron chi connectivity index (χ2n) is 11.8. The first-order valence-corrected chi connectivity index (χ1v) is 16.7. The molecule has 42 heavy (non-hydrogen) atoms. The van der Waals surface area contributed by atoms with Crippen LogP contribution in [0, 0.1) is 13.8 Å². The van der Waals surface area contributed by atoms with Gasteiger partial charge < -0.3 is 10.2 Å². The molecule has 0 aliphatic carbocycles. The van der Waals surface area contributed by atoms with Gasteiger partial charge in [0.1, 0.15) is 6.04 Å². The Bertz CT molecular complexity index is 1470. The monoisotopic (exact) mass is 655 g/mol. The number of nitrogens with zero attached hydrogens (tertiary/aromatic N) is 2. The minimum absolute atomic E-state index is 0.0848. The number of rotatable bonds is 12. The fourth-order valence-electron chi connectivity index (χ4n) is 4.68. The summed E-state index contributed by atoms with van der Waals surface area (Å²) in [5, 5.41) is 3.07. The third-order valence-electron chi connectivity index (χ3n) is 6.97. The van der Waals surface area contributed by atoms with Crippen molar-refractivity contribution in [2.24, 2.45) is 0 Å². The van der Waals surface area contributed by atoms with Crippen molar-refractivity contribution in [3.63, 3.8) is 0 Å². The number of hydrogen-bond acceptors (Lipinski definition) is 4. The molecule has 0 saturated carbocycles. The van der Waals surface area contributed by atoms with Gasteiger partial charge in [0.2, 0.25) is 21.8 Å². The highest BCUT2D eigenvalue weighted by Gasteiger charge is 2.32. The summed E-state index contributed by atoms with van der Waals surface area (Å²) in [5.41, 5.74) is 3.99. The Hall–Kier alpha value is -3.17. The molecule has 0 fully saturated rings. The van der Waals surface area contributed by atoms with Crippen molar-refractivity contribution in [3.05, 3.63) is 99.5 Å². The molecule has 0 spiro atoms. The fraction of sp³-hybridized carbons (Fsp3) is 0.394. The lowest BCUT2D eigenvalue weighted by Crippen LogP contribution is -2.54. The number of carbonyl (C=O) groups is 2. The van der Waals surface area contributed by atoms with Crippen LogP contribution in [0.2, 0.25) is 0 Å². The maximum atomic E-state index is 14.0. The van der Waals surface area contributed by atoms with E-state index in [0.717, 1.165) is 26.7 Å². The average molecular weight is 657 g/mol. The maximum absolute atomic E-state index is 14.0. The first-order chi connectivity index (χ1) is 19.6. The van der Waals surface area contributed by atoms with Crippen LogP contribution in [0.15, 0.2) is 77.3 Å². The highest BCUT2D eigenvalue weighted by atomic mass is 79.9. The first-order valence-electron chi connectivity index (χ1n) is 14.1. The van der Waals surface area contributed by atoms with E-state index >= 15 is 0 Å². The SMILES string of the molecule is Cc1ccc(N(CCCC(=O)N(Cc2ccc(Br)cc2)[C@H](Cc2ccccc2)C(=O)NC(C)(C)C)S(C)(=O)=O)cc1C. The molecule has 0 aliphatic rings. The number of halogens is 1. The predicted octanol–water partition coefficient (Wildman–Crippen LogP) is 6.17. The zero-order valence-corrected chi connectivity index (χ0v) is 27.8. The predicted molar refractivity (Wildman–Crippen MR) is 174 cm³/mol. The highest BCUT2D eigenvalue weighted by Crippen LogP contribution is 2.23. The van der Waals surface area contributed by atoms with E-state index < -0.39 is 21.6 Å². The standard InChI is InChI=1S/C33H42BrN3O4S/c1-24-14-19-29(21-25(24)2)37(42(6,40)41)20-10-13-31(38)36(23-27-15-17-28(34)18-16-27)30(32(39)35-33(3,4)5)22-26-11-8-7-9-12-26/h7-9,11-12,14-19,21,30H,10,13,20,22-23H2,1-6H3,(H,35,39)/t30-/m1/s1. The van der Waals surface area contributed by atoms with Gasteiger partial charge in [-0.15, -0.1) is 0 Å². The van der Waals surface area contributed by atoms with E-state index in [1.165, 1.54) is 10.6 Å². The molecule has 2 amide bonds. The number of anilines is 1. The Balaban J connectivity index is 1.90. The number of sulfonamides is 1. The van der Waals surface area contributed by atoms with Gasteiger partial charge in [0, 0.05) is 35.9 Å². The van der Waals surface area contributed by atoms with Crippen molar-refractivity contribution in [2.45, 2.75) is 72.0 Å². The van der Waals surface area contributed by atoms with Crippen molar-refractivity contribution in [1.82, 2.24) is 10.2 Å². The largest absolute Gasteiger partial charge is 0.350 e. The summed E-state index contributed by atoms with van der Waals surface area (Å²) in [5.74, 6) is -0.443. The smallest absolute Gasteiger partial charge is 0.243 e. The molecule has 3 aromatic carbocycles. The molecule has 3 rings (SSSR count). The molecular weight excluding hydrogens is 614 g/mol. The van der Waals surface area contributed by atoms with Gasteiger partial charge in [0.15, 0.2) is 0 Å². The van der Waals surface area contributed by atoms with E-state index in [1.807, 2.05) is 101 Å². The normalized spacial score (nSPS) is 12.5. The number of amides is 2. The average Bonchev–Trinajstić information content (AvgIpc) is 2.90. The Morgan fingerprint density at radius 2 is 1.55 bits per heavy atom. The van der Waals surface area contributed by atoms with Gasteiger partial charge in [0.25, 0.3) is 0 Å². The summed E-state index contributed by atoms with van der Waals surface area (Å²) in [6.45, 7) is 10.1. The van der Waals surface area contributed by atoms with Gasteiger partial charge in [-0.05, 0) is 87.6 Å². The van der Waals surface area contributed by atoms with Gasteiger partial charge in [0.05, 0.1) is 11.9 Å². The Kier molecular flexibility index (Phi) is 11.4. The molecule has 1 atom stereocenters. The molecule has 9 heteroatoms. The van der Waals surface area contributed by atoms with Crippen LogP contribution in [0.5, 0.6) is 0 Å². The lowest BCUT2D eigenvalue weighted by molar-refractivity contribution is -0.142. The second kappa shape index (κ2) is 14.3. The Labute approximate surface area is 259 Å². The summed E-state index contributed by atoms with van der Waals surface area (Å²) in [6.07, 6.45) is 1.91. The molecule has 0 saturated heterocycles. The van der Waals surface area contributed by atoms with E-state index in [9.17, 15) is 18.0 Å². The van der Waals surface area contributed by atoms with Crippen molar-refractivity contribution in [3.8, 4) is 0 Å². The topological polar surface area (TPSA) is 86.8 Å². The zero-order chi connectivity index (χ0) is 31.1. The van der Waals surface area contributed by atoms with Crippen molar-refractivity contribution in [2.75, 3.05) is 17.1 Å². The first kappa shape index (κ1) is 33.3. The molecule has 0 unspecified atom stereocenters. The molecule has 0 aromatic heterocycles. The summed E-state index contributed by atoms with van der Waals surface area (Å²) < 4.78 is 27.7. The van der Waals surface area contributed by atoms with Gasteiger partial charge >= 0.3 is 0 Å². The van der Waals surface area contributed by atoms with Crippen LogP contribution >= 0.6 is 15.9 Å². The highest BCUT2D eigenvalue weighted by molar-refractivity contribution is 9.10. The molecule has 0 heterocycles. The fourth-order valence-corrected chi connectivity index (χ4v) is 5.90. The molecular formula is C33H42BrN3O4S. The van der Waals surface area contributed by atoms with Crippen LogP contribution in [0.3, 0.4) is 0 Å². The molecule has 7 nitrogen and oxygen atoms in total. The summed E-state index contributed by atoms with van der Waals surface area (Å²) in [7, 11) is -3.57. The minimum Gasteiger partial charge on any atom is -0.350 e. The van der Waals surface area contributed by atoms with Gasteiger partial charge in [-0.3, -0.25) is 13.9 Å². The van der Waals surface area contributed by atoms with Crippen LogP contribution in [0.25, 0.3) is 0 Å². The Morgan fingerprint density at radius 3 is 2.12 bits per heavy atom. The molecule has 0 aliphatic heterocycles. The Morgan fingerprint density at radius 1 is 0.905 bits per heavy atom. The molecule has 0 radical (unpaired) electrons. The third kappa shape index (κ3) is 9.98. The maximum Gasteiger partial charge on any atom is 0.243 e. The van der Waals surface area contributed by atoms with Crippen LogP contribution in [-0.2, 0) is 32.6 Å². The quantitative estimate of drug-likeness (QED) is 0.253. The lowest BCUT2D eigenvalue weighted by atomic mass is 10.00. The van der Waals surface area contributed by atoms with E-state index in [-0.39, 0.29) is 31.3 Å². The van der Waals surface area contributed by atoms with E-state index in [2.05, 4.69) is 21.2 Å². The van der Waals surface area contributed by atoms with Crippen LogP contribution in [0.1, 0.15) is 55.9 Å². The van der Waals surface area contributed by atoms with E-state index in [0.29, 0.717) is 18.5 Å². The number of aryl methyl sites for hydroxylation is 2. The lowest BCUT2D eigenvalue weighted by Gasteiger charge is -2.34. The molecule has 226 valence electrons. The molecule has 0 bridgehead atoms.